The molecule has 0 saturated heterocycles. The maximum absolute atomic E-state index is 13.4. The number of nitrogens with zero attached hydrogens (tertiary/aromatic N) is 2. The molecule has 0 atom stereocenters. The van der Waals surface area contributed by atoms with Gasteiger partial charge in [-0.05, 0) is 56.9 Å². The summed E-state index contributed by atoms with van der Waals surface area (Å²) in [5.74, 6) is -0.666. The van der Waals surface area contributed by atoms with Crippen LogP contribution in [0.15, 0.2) is 36.5 Å². The third-order valence-electron chi connectivity index (χ3n) is 4.89. The van der Waals surface area contributed by atoms with Crippen molar-refractivity contribution in [1.29, 1.82) is 0 Å². The van der Waals surface area contributed by atoms with Gasteiger partial charge in [-0.15, -0.1) is 0 Å². The molecule has 0 radical (unpaired) electrons. The van der Waals surface area contributed by atoms with E-state index in [1.807, 2.05) is 19.0 Å². The number of nitrogens with two attached hydrogens (primary N) is 1. The number of hydrogen-bond donors (Lipinski definition) is 2. The first-order valence-corrected chi connectivity index (χ1v) is 9.39. The highest BCUT2D eigenvalue weighted by molar-refractivity contribution is 6.13. The van der Waals surface area contributed by atoms with E-state index in [-0.39, 0.29) is 17.0 Å². The van der Waals surface area contributed by atoms with Crippen molar-refractivity contribution in [2.24, 2.45) is 0 Å². The molecule has 2 heterocycles. The van der Waals surface area contributed by atoms with Crippen molar-refractivity contribution < 1.29 is 24.2 Å². The van der Waals surface area contributed by atoms with Gasteiger partial charge in [-0.3, -0.25) is 4.79 Å². The molecule has 0 unspecified atom stereocenters. The molecule has 0 aliphatic heterocycles. The van der Waals surface area contributed by atoms with E-state index in [0.29, 0.717) is 47.0 Å². The van der Waals surface area contributed by atoms with Crippen LogP contribution in [0, 0.1) is 6.92 Å². The van der Waals surface area contributed by atoms with Crippen LogP contribution < -0.4 is 15.2 Å². The van der Waals surface area contributed by atoms with Crippen molar-refractivity contribution in [3.63, 3.8) is 0 Å². The minimum absolute atomic E-state index is 0.0428. The third-order valence-corrected chi connectivity index (χ3v) is 4.89. The Labute approximate surface area is 174 Å². The van der Waals surface area contributed by atoms with Crippen LogP contribution in [0.1, 0.15) is 32.0 Å². The number of methoxy groups -OCH3 is 1. The fourth-order valence-corrected chi connectivity index (χ4v) is 3.38. The number of likely N-dealkylation sites (N-methyl/N-ethyl adjacent to an activating group) is 1. The van der Waals surface area contributed by atoms with Gasteiger partial charge in [0.05, 0.1) is 24.1 Å². The molecule has 158 valence electrons. The smallest absolute Gasteiger partial charge is 0.338 e. The Morgan fingerprint density at radius 2 is 1.93 bits per heavy atom. The standard InChI is InChI=1S/C22H25N3O5/c1-13-18(22(27)28)20-16(30-11-10-24(2)3)6-5-9-25(20)19(13)21(26)14-7-8-15(23)17(12-14)29-4/h5-9,12H,10-11,23H2,1-4H3,(H,27,28). The summed E-state index contributed by atoms with van der Waals surface area (Å²) in [6.07, 6.45) is 1.66. The van der Waals surface area contributed by atoms with Crippen molar-refractivity contribution in [2.75, 3.05) is 40.1 Å². The number of carboxylic acid groups (broad SMARTS) is 1. The lowest BCUT2D eigenvalue weighted by Crippen LogP contribution is -2.19. The van der Waals surface area contributed by atoms with Crippen LogP contribution in [0.4, 0.5) is 5.69 Å². The second-order valence-corrected chi connectivity index (χ2v) is 7.18. The SMILES string of the molecule is COc1cc(C(=O)c2c(C)c(C(=O)O)c3c(OCCN(C)C)cccn23)ccc1N. The Bertz CT molecular complexity index is 1120. The van der Waals surface area contributed by atoms with E-state index in [0.717, 1.165) is 0 Å². The molecule has 1 aromatic carbocycles. The van der Waals surface area contributed by atoms with Crippen molar-refractivity contribution >= 4 is 23.0 Å². The van der Waals surface area contributed by atoms with Crippen molar-refractivity contribution in [2.45, 2.75) is 6.92 Å². The van der Waals surface area contributed by atoms with Crippen LogP contribution in [-0.4, -0.2) is 60.5 Å². The fourth-order valence-electron chi connectivity index (χ4n) is 3.38. The minimum atomic E-state index is -1.12. The topological polar surface area (TPSA) is 106 Å². The molecule has 3 aromatic rings. The van der Waals surface area contributed by atoms with Gasteiger partial charge in [-0.25, -0.2) is 4.79 Å². The van der Waals surface area contributed by atoms with Crippen molar-refractivity contribution in [3.8, 4) is 11.5 Å². The Kier molecular flexibility index (Phi) is 5.98. The zero-order chi connectivity index (χ0) is 22.0. The molecular weight excluding hydrogens is 386 g/mol. The summed E-state index contributed by atoms with van der Waals surface area (Å²) in [6, 6.07) is 8.16. The molecule has 0 saturated carbocycles. The summed E-state index contributed by atoms with van der Waals surface area (Å²) in [5, 5.41) is 9.86. The number of carbonyl (C=O) groups is 2. The Morgan fingerprint density at radius 1 is 1.20 bits per heavy atom. The molecule has 0 aliphatic carbocycles. The number of aromatic carboxylic acids is 1. The fraction of sp³-hybridized carbons (Fsp3) is 0.273. The van der Waals surface area contributed by atoms with E-state index in [2.05, 4.69) is 0 Å². The van der Waals surface area contributed by atoms with Crippen LogP contribution in [-0.2, 0) is 0 Å². The second-order valence-electron chi connectivity index (χ2n) is 7.18. The molecule has 2 aromatic heterocycles. The highest BCUT2D eigenvalue weighted by Crippen LogP contribution is 2.33. The molecule has 8 heteroatoms. The number of aromatic nitrogens is 1. The number of fused-ring (bicyclic) bond motifs is 1. The lowest BCUT2D eigenvalue weighted by Gasteiger charge is -2.13. The quantitative estimate of drug-likeness (QED) is 0.434. The molecule has 0 fully saturated rings. The monoisotopic (exact) mass is 411 g/mol. The van der Waals surface area contributed by atoms with E-state index in [9.17, 15) is 14.7 Å². The molecule has 0 bridgehead atoms. The first-order valence-electron chi connectivity index (χ1n) is 9.39. The van der Waals surface area contributed by atoms with Gasteiger partial charge in [0.25, 0.3) is 0 Å². The van der Waals surface area contributed by atoms with Gasteiger partial charge in [-0.1, -0.05) is 0 Å². The number of hydrogen-bond acceptors (Lipinski definition) is 6. The minimum Gasteiger partial charge on any atom is -0.495 e. The van der Waals surface area contributed by atoms with E-state index in [4.69, 9.17) is 15.2 Å². The number of carboxylic acids is 1. The lowest BCUT2D eigenvalue weighted by atomic mass is 10.0. The Balaban J connectivity index is 2.17. The first kappa shape index (κ1) is 21.2. The average Bonchev–Trinajstić information content (AvgIpc) is 3.00. The maximum Gasteiger partial charge on any atom is 0.338 e. The predicted octanol–water partition coefficient (Wildman–Crippen LogP) is 2.71. The second kappa shape index (κ2) is 8.46. The highest BCUT2D eigenvalue weighted by atomic mass is 16.5. The van der Waals surface area contributed by atoms with Gasteiger partial charge >= 0.3 is 5.97 Å². The van der Waals surface area contributed by atoms with E-state index in [1.165, 1.54) is 7.11 Å². The molecule has 3 N–H and O–H groups in total. The summed E-state index contributed by atoms with van der Waals surface area (Å²) < 4.78 is 12.6. The zero-order valence-electron chi connectivity index (χ0n) is 17.4. The number of nitrogen functional groups attached to an aromatic ring is 1. The summed E-state index contributed by atoms with van der Waals surface area (Å²) in [7, 11) is 5.31. The Morgan fingerprint density at radius 3 is 2.57 bits per heavy atom. The summed E-state index contributed by atoms with van der Waals surface area (Å²) >= 11 is 0. The maximum atomic E-state index is 13.4. The molecule has 8 nitrogen and oxygen atoms in total. The van der Waals surface area contributed by atoms with E-state index < -0.39 is 5.97 Å². The largest absolute Gasteiger partial charge is 0.495 e. The molecule has 0 aliphatic rings. The van der Waals surface area contributed by atoms with Gasteiger partial charge in [-0.2, -0.15) is 0 Å². The Hall–Kier alpha value is -3.52. The van der Waals surface area contributed by atoms with Gasteiger partial charge in [0.2, 0.25) is 5.78 Å². The van der Waals surface area contributed by atoms with Gasteiger partial charge < -0.3 is 29.6 Å². The van der Waals surface area contributed by atoms with Crippen molar-refractivity contribution in [3.05, 3.63) is 58.9 Å². The number of benzene rings is 1. The van der Waals surface area contributed by atoms with Crippen molar-refractivity contribution in [1.82, 2.24) is 9.30 Å². The number of anilines is 1. The van der Waals surface area contributed by atoms with Gasteiger partial charge in [0.15, 0.2) is 0 Å². The third kappa shape index (κ3) is 3.81. The molecule has 0 amide bonds. The summed E-state index contributed by atoms with van der Waals surface area (Å²) in [5.41, 5.74) is 7.63. The molecule has 0 spiro atoms. The first-order chi connectivity index (χ1) is 14.3. The lowest BCUT2D eigenvalue weighted by molar-refractivity contribution is 0.0698. The zero-order valence-corrected chi connectivity index (χ0v) is 17.4. The van der Waals surface area contributed by atoms with Crippen LogP contribution in [0.5, 0.6) is 11.5 Å². The summed E-state index contributed by atoms with van der Waals surface area (Å²) in [6.45, 7) is 2.68. The highest BCUT2D eigenvalue weighted by Gasteiger charge is 2.27. The number of rotatable bonds is 8. The van der Waals surface area contributed by atoms with E-state index in [1.54, 1.807) is 47.9 Å². The van der Waals surface area contributed by atoms with Crippen LogP contribution in [0.3, 0.4) is 0 Å². The number of ketones is 1. The molecular formula is C22H25N3O5. The molecule has 3 rings (SSSR count). The predicted molar refractivity (Wildman–Crippen MR) is 114 cm³/mol. The van der Waals surface area contributed by atoms with E-state index >= 15 is 0 Å². The van der Waals surface area contributed by atoms with Crippen LogP contribution in [0.25, 0.3) is 5.52 Å². The normalized spacial score (nSPS) is 11.1. The number of ether oxygens (including phenoxy) is 2. The van der Waals surface area contributed by atoms with Gasteiger partial charge in [0, 0.05) is 18.3 Å². The van der Waals surface area contributed by atoms with Gasteiger partial charge in [0.1, 0.15) is 23.6 Å². The number of carbonyl (C=O) groups excluding carboxylic acids is 1. The van der Waals surface area contributed by atoms with Crippen LogP contribution in [0.2, 0.25) is 0 Å². The van der Waals surface area contributed by atoms with Crippen LogP contribution >= 0.6 is 0 Å². The average molecular weight is 411 g/mol. The number of pyridine rings is 1. The summed E-state index contributed by atoms with van der Waals surface area (Å²) in [4.78, 5) is 27.4. The molecule has 30 heavy (non-hydrogen) atoms.